The van der Waals surface area contributed by atoms with Crippen molar-refractivity contribution in [2.75, 3.05) is 5.32 Å². The van der Waals surface area contributed by atoms with Crippen LogP contribution in [-0.4, -0.2) is 10.9 Å². The Labute approximate surface area is 168 Å². The summed E-state index contributed by atoms with van der Waals surface area (Å²) in [5.41, 5.74) is 2.27. The Bertz CT molecular complexity index is 916. The molecule has 0 aliphatic heterocycles. The molecule has 1 heterocycles. The summed E-state index contributed by atoms with van der Waals surface area (Å²) in [6.07, 6.45) is 0. The second kappa shape index (κ2) is 8.86. The highest BCUT2D eigenvalue weighted by molar-refractivity contribution is 7.97. The van der Waals surface area contributed by atoms with Gasteiger partial charge >= 0.3 is 0 Å². The van der Waals surface area contributed by atoms with Gasteiger partial charge in [0.2, 0.25) is 0 Å². The number of benzene rings is 2. The van der Waals surface area contributed by atoms with Crippen molar-refractivity contribution >= 4 is 57.3 Å². The third-order valence-electron chi connectivity index (χ3n) is 3.38. The standard InChI is InChI=1S/C18H13Cl2FN2OS2/c19-12-3-6-15(16(20)7-12)17(24)23-18-22-14(10-26-18)9-25-8-11-1-4-13(21)5-2-11/h1-7,10H,8-9H2,(H,22,23,24). The molecule has 1 amide bonds. The molecule has 1 aromatic heterocycles. The number of carbonyl (C=O) groups is 1. The van der Waals surface area contributed by atoms with Gasteiger partial charge in [-0.2, -0.15) is 11.8 Å². The molecule has 3 rings (SSSR count). The van der Waals surface area contributed by atoms with Crippen LogP contribution in [0.2, 0.25) is 10.0 Å². The van der Waals surface area contributed by atoms with Gasteiger partial charge in [0.15, 0.2) is 5.13 Å². The summed E-state index contributed by atoms with van der Waals surface area (Å²) in [6, 6.07) is 11.2. The Balaban J connectivity index is 1.54. The predicted molar refractivity (Wildman–Crippen MR) is 108 cm³/mol. The van der Waals surface area contributed by atoms with Crippen LogP contribution in [0.25, 0.3) is 0 Å². The number of aromatic nitrogens is 1. The molecule has 26 heavy (non-hydrogen) atoms. The van der Waals surface area contributed by atoms with E-state index in [1.807, 2.05) is 5.38 Å². The highest BCUT2D eigenvalue weighted by atomic mass is 35.5. The van der Waals surface area contributed by atoms with Crippen LogP contribution in [0.15, 0.2) is 47.8 Å². The third kappa shape index (κ3) is 5.20. The number of hydrogen-bond donors (Lipinski definition) is 1. The zero-order valence-corrected chi connectivity index (χ0v) is 16.5. The van der Waals surface area contributed by atoms with Gasteiger partial charge in [0, 0.05) is 21.9 Å². The SMILES string of the molecule is O=C(Nc1nc(CSCc2ccc(F)cc2)cs1)c1ccc(Cl)cc1Cl. The number of rotatable bonds is 6. The Hall–Kier alpha value is -1.60. The van der Waals surface area contributed by atoms with Gasteiger partial charge in [-0.05, 0) is 35.9 Å². The number of halogens is 3. The Morgan fingerprint density at radius 3 is 2.65 bits per heavy atom. The van der Waals surface area contributed by atoms with Gasteiger partial charge in [-0.25, -0.2) is 9.37 Å². The number of nitrogens with zero attached hydrogens (tertiary/aromatic N) is 1. The van der Waals surface area contributed by atoms with Crippen molar-refractivity contribution < 1.29 is 9.18 Å². The van der Waals surface area contributed by atoms with E-state index in [0.717, 1.165) is 17.0 Å². The number of carbonyl (C=O) groups excluding carboxylic acids is 1. The summed E-state index contributed by atoms with van der Waals surface area (Å²) in [4.78, 5) is 16.7. The van der Waals surface area contributed by atoms with Crippen LogP contribution in [0.1, 0.15) is 21.6 Å². The van der Waals surface area contributed by atoms with E-state index in [2.05, 4.69) is 10.3 Å². The van der Waals surface area contributed by atoms with Crippen LogP contribution in [-0.2, 0) is 11.5 Å². The molecule has 0 spiro atoms. The van der Waals surface area contributed by atoms with Gasteiger partial charge in [-0.15, -0.1) is 11.3 Å². The first-order valence-electron chi connectivity index (χ1n) is 7.54. The number of anilines is 1. The molecule has 3 nitrogen and oxygen atoms in total. The van der Waals surface area contributed by atoms with Crippen molar-refractivity contribution in [3.8, 4) is 0 Å². The normalized spacial score (nSPS) is 10.7. The van der Waals surface area contributed by atoms with Gasteiger partial charge in [-0.1, -0.05) is 35.3 Å². The highest BCUT2D eigenvalue weighted by Crippen LogP contribution is 2.25. The van der Waals surface area contributed by atoms with Gasteiger partial charge in [0.1, 0.15) is 5.82 Å². The largest absolute Gasteiger partial charge is 0.298 e. The van der Waals surface area contributed by atoms with E-state index in [1.54, 1.807) is 36.0 Å². The molecule has 0 atom stereocenters. The lowest BCUT2D eigenvalue weighted by Gasteiger charge is -2.04. The summed E-state index contributed by atoms with van der Waals surface area (Å²) in [7, 11) is 0. The second-order valence-electron chi connectivity index (χ2n) is 5.34. The van der Waals surface area contributed by atoms with Crippen LogP contribution in [0.5, 0.6) is 0 Å². The Morgan fingerprint density at radius 1 is 1.15 bits per heavy atom. The van der Waals surface area contributed by atoms with Crippen LogP contribution in [0.4, 0.5) is 9.52 Å². The van der Waals surface area contributed by atoms with E-state index in [-0.39, 0.29) is 11.7 Å². The maximum atomic E-state index is 12.9. The van der Waals surface area contributed by atoms with Crippen molar-refractivity contribution in [1.82, 2.24) is 4.98 Å². The van der Waals surface area contributed by atoms with E-state index < -0.39 is 0 Å². The van der Waals surface area contributed by atoms with Gasteiger partial charge in [-0.3, -0.25) is 10.1 Å². The van der Waals surface area contributed by atoms with E-state index in [4.69, 9.17) is 23.2 Å². The smallest absolute Gasteiger partial charge is 0.258 e. The lowest BCUT2D eigenvalue weighted by molar-refractivity contribution is 0.102. The zero-order chi connectivity index (χ0) is 18.5. The lowest BCUT2D eigenvalue weighted by atomic mass is 10.2. The molecule has 0 bridgehead atoms. The van der Waals surface area contributed by atoms with Gasteiger partial charge in [0.05, 0.1) is 16.3 Å². The highest BCUT2D eigenvalue weighted by Gasteiger charge is 2.13. The minimum absolute atomic E-state index is 0.237. The first-order chi connectivity index (χ1) is 12.5. The van der Waals surface area contributed by atoms with Crippen molar-refractivity contribution in [1.29, 1.82) is 0 Å². The molecular weight excluding hydrogens is 414 g/mol. The first kappa shape index (κ1) is 19.2. The molecule has 1 N–H and O–H groups in total. The Morgan fingerprint density at radius 2 is 1.92 bits per heavy atom. The molecule has 0 saturated carbocycles. The van der Waals surface area contributed by atoms with Crippen LogP contribution in [0, 0.1) is 5.82 Å². The minimum atomic E-state index is -0.327. The molecule has 2 aromatic carbocycles. The average Bonchev–Trinajstić information content (AvgIpc) is 3.04. The number of thioether (sulfide) groups is 1. The fourth-order valence-electron chi connectivity index (χ4n) is 2.12. The first-order valence-corrected chi connectivity index (χ1v) is 10.3. The van der Waals surface area contributed by atoms with Crippen LogP contribution < -0.4 is 5.32 Å². The molecule has 134 valence electrons. The molecule has 0 aliphatic rings. The average molecular weight is 427 g/mol. The summed E-state index contributed by atoms with van der Waals surface area (Å²) in [5, 5.41) is 5.92. The zero-order valence-electron chi connectivity index (χ0n) is 13.3. The van der Waals surface area contributed by atoms with Crippen LogP contribution >= 0.6 is 46.3 Å². The number of nitrogens with one attached hydrogen (secondary N) is 1. The molecule has 3 aromatic rings. The van der Waals surface area contributed by atoms with Crippen LogP contribution in [0.3, 0.4) is 0 Å². The summed E-state index contributed by atoms with van der Waals surface area (Å²) in [5.74, 6) is 0.900. The van der Waals surface area contributed by atoms with E-state index in [9.17, 15) is 9.18 Å². The predicted octanol–water partition coefficient (Wildman–Crippen LogP) is 6.27. The molecule has 0 unspecified atom stereocenters. The summed E-state index contributed by atoms with van der Waals surface area (Å²) >= 11 is 14.9. The molecular formula is C18H13Cl2FN2OS2. The third-order valence-corrected chi connectivity index (χ3v) is 5.77. The molecule has 0 aliphatic carbocycles. The lowest BCUT2D eigenvalue weighted by Crippen LogP contribution is -2.12. The fourth-order valence-corrected chi connectivity index (χ4v) is 4.32. The fraction of sp³-hybridized carbons (Fsp3) is 0.111. The molecule has 8 heteroatoms. The van der Waals surface area contributed by atoms with Crippen molar-refractivity contribution in [2.24, 2.45) is 0 Å². The minimum Gasteiger partial charge on any atom is -0.298 e. The van der Waals surface area contributed by atoms with Gasteiger partial charge < -0.3 is 0 Å². The number of hydrogen-bond acceptors (Lipinski definition) is 4. The molecule has 0 radical (unpaired) electrons. The van der Waals surface area contributed by atoms with Crippen molar-refractivity contribution in [3.05, 3.63) is 80.5 Å². The second-order valence-corrected chi connectivity index (χ2v) is 8.03. The van der Waals surface area contributed by atoms with E-state index in [1.165, 1.54) is 29.5 Å². The summed E-state index contributed by atoms with van der Waals surface area (Å²) < 4.78 is 12.9. The molecule has 0 fully saturated rings. The van der Waals surface area contributed by atoms with E-state index in [0.29, 0.717) is 26.5 Å². The van der Waals surface area contributed by atoms with Crippen molar-refractivity contribution in [3.63, 3.8) is 0 Å². The molecule has 0 saturated heterocycles. The quantitative estimate of drug-likeness (QED) is 0.504. The maximum Gasteiger partial charge on any atom is 0.258 e. The van der Waals surface area contributed by atoms with Gasteiger partial charge in [0.25, 0.3) is 5.91 Å². The number of amides is 1. The number of thiazole rings is 1. The van der Waals surface area contributed by atoms with Crippen molar-refractivity contribution in [2.45, 2.75) is 11.5 Å². The monoisotopic (exact) mass is 426 g/mol. The topological polar surface area (TPSA) is 42.0 Å². The maximum absolute atomic E-state index is 12.9. The summed E-state index contributed by atoms with van der Waals surface area (Å²) in [6.45, 7) is 0. The van der Waals surface area contributed by atoms with E-state index >= 15 is 0 Å². The Kier molecular flexibility index (Phi) is 6.53.